The van der Waals surface area contributed by atoms with Crippen LogP contribution in [-0.4, -0.2) is 9.55 Å². The van der Waals surface area contributed by atoms with E-state index >= 15 is 0 Å². The van der Waals surface area contributed by atoms with E-state index in [9.17, 15) is 4.79 Å². The lowest BCUT2D eigenvalue weighted by atomic mass is 10.2. The number of halogens is 1. The highest BCUT2D eigenvalue weighted by Gasteiger charge is 2.00. The molecule has 0 spiro atoms. The molecule has 0 atom stereocenters. The average molecular weight is 294 g/mol. The largest absolute Gasteiger partial charge is 0.334 e. The smallest absolute Gasteiger partial charge is 0.277 e. The minimum absolute atomic E-state index is 0.215. The number of nitrogens with zero attached hydrogens (tertiary/aromatic N) is 2. The maximum Gasteiger partial charge on any atom is 0.277 e. The monoisotopic (exact) mass is 293 g/mol. The summed E-state index contributed by atoms with van der Waals surface area (Å²) in [6.45, 7) is 0.889. The van der Waals surface area contributed by atoms with Crippen molar-refractivity contribution in [3.05, 3.63) is 62.7 Å². The standard InChI is InChI=1S/C12H12BrN3O/c13-11-3-1-9(2-4-11)6-16-7-10(5-14)12(17)15-8-16/h1-4,7-8H,5-6,14H2. The van der Waals surface area contributed by atoms with Gasteiger partial charge >= 0.3 is 0 Å². The number of nitrogens with two attached hydrogens (primary N) is 1. The first-order chi connectivity index (χ1) is 8.19. The second-order valence-electron chi connectivity index (χ2n) is 3.71. The van der Waals surface area contributed by atoms with E-state index in [1.54, 1.807) is 6.20 Å². The summed E-state index contributed by atoms with van der Waals surface area (Å²) < 4.78 is 2.90. The van der Waals surface area contributed by atoms with Crippen molar-refractivity contribution in [1.82, 2.24) is 9.55 Å². The number of benzene rings is 1. The van der Waals surface area contributed by atoms with Gasteiger partial charge in [-0.1, -0.05) is 28.1 Å². The van der Waals surface area contributed by atoms with Crippen LogP contribution in [0.1, 0.15) is 11.1 Å². The van der Waals surface area contributed by atoms with E-state index in [1.165, 1.54) is 6.33 Å². The van der Waals surface area contributed by atoms with Gasteiger partial charge in [0.25, 0.3) is 5.56 Å². The average Bonchev–Trinajstić information content (AvgIpc) is 2.34. The predicted octanol–water partition coefficient (Wildman–Crippen LogP) is 1.51. The van der Waals surface area contributed by atoms with Gasteiger partial charge in [0.2, 0.25) is 0 Å². The van der Waals surface area contributed by atoms with E-state index in [1.807, 2.05) is 28.8 Å². The molecule has 0 saturated carbocycles. The van der Waals surface area contributed by atoms with Crippen LogP contribution in [0.15, 0.2) is 46.1 Å². The first-order valence-electron chi connectivity index (χ1n) is 5.18. The quantitative estimate of drug-likeness (QED) is 0.933. The molecule has 0 amide bonds. The molecule has 5 heteroatoms. The Hall–Kier alpha value is -1.46. The van der Waals surface area contributed by atoms with Gasteiger partial charge in [-0.15, -0.1) is 0 Å². The van der Waals surface area contributed by atoms with Crippen molar-refractivity contribution >= 4 is 15.9 Å². The van der Waals surface area contributed by atoms with Crippen LogP contribution >= 0.6 is 15.9 Å². The van der Waals surface area contributed by atoms with Gasteiger partial charge in [0.1, 0.15) is 0 Å². The molecule has 0 radical (unpaired) electrons. The maximum absolute atomic E-state index is 11.3. The Kier molecular flexibility index (Phi) is 3.71. The fourth-order valence-electron chi connectivity index (χ4n) is 1.53. The van der Waals surface area contributed by atoms with Gasteiger partial charge in [0.15, 0.2) is 0 Å². The summed E-state index contributed by atoms with van der Waals surface area (Å²) in [7, 11) is 0. The lowest BCUT2D eigenvalue weighted by molar-refractivity contribution is 0.743. The van der Waals surface area contributed by atoms with E-state index in [2.05, 4.69) is 20.9 Å². The lowest BCUT2D eigenvalue weighted by Crippen LogP contribution is -2.19. The highest BCUT2D eigenvalue weighted by molar-refractivity contribution is 9.10. The molecule has 0 fully saturated rings. The van der Waals surface area contributed by atoms with Crippen molar-refractivity contribution in [1.29, 1.82) is 0 Å². The second-order valence-corrected chi connectivity index (χ2v) is 4.62. The van der Waals surface area contributed by atoms with E-state index in [0.29, 0.717) is 12.1 Å². The Morgan fingerprint density at radius 1 is 1.29 bits per heavy atom. The molecule has 4 nitrogen and oxygen atoms in total. The van der Waals surface area contributed by atoms with Gasteiger partial charge in [0.05, 0.1) is 6.33 Å². The highest BCUT2D eigenvalue weighted by atomic mass is 79.9. The molecule has 0 bridgehead atoms. The van der Waals surface area contributed by atoms with Crippen LogP contribution in [-0.2, 0) is 13.1 Å². The third-order valence-electron chi connectivity index (χ3n) is 2.42. The van der Waals surface area contributed by atoms with Crippen LogP contribution < -0.4 is 11.3 Å². The van der Waals surface area contributed by atoms with Crippen molar-refractivity contribution in [3.8, 4) is 0 Å². The molecule has 88 valence electrons. The number of hydrogen-bond donors (Lipinski definition) is 1. The fourth-order valence-corrected chi connectivity index (χ4v) is 1.79. The lowest BCUT2D eigenvalue weighted by Gasteiger charge is -2.07. The van der Waals surface area contributed by atoms with Gasteiger partial charge in [-0.25, -0.2) is 0 Å². The summed E-state index contributed by atoms with van der Waals surface area (Å²) in [5.74, 6) is 0. The van der Waals surface area contributed by atoms with Crippen molar-refractivity contribution in [2.45, 2.75) is 13.1 Å². The summed E-state index contributed by atoms with van der Waals surface area (Å²) >= 11 is 3.39. The Morgan fingerprint density at radius 2 is 2.00 bits per heavy atom. The number of aromatic nitrogens is 2. The molecule has 2 aromatic rings. The van der Waals surface area contributed by atoms with Crippen LogP contribution in [0.5, 0.6) is 0 Å². The molecule has 2 rings (SSSR count). The van der Waals surface area contributed by atoms with E-state index in [0.717, 1.165) is 10.0 Å². The van der Waals surface area contributed by atoms with Crippen LogP contribution in [0.3, 0.4) is 0 Å². The number of hydrogen-bond acceptors (Lipinski definition) is 3. The van der Waals surface area contributed by atoms with Crippen molar-refractivity contribution < 1.29 is 0 Å². The van der Waals surface area contributed by atoms with Gasteiger partial charge in [0, 0.05) is 29.3 Å². The third-order valence-corrected chi connectivity index (χ3v) is 2.95. The topological polar surface area (TPSA) is 60.9 Å². The molecule has 0 saturated heterocycles. The first kappa shape index (κ1) is 12.0. The third kappa shape index (κ3) is 3.01. The van der Waals surface area contributed by atoms with Gasteiger partial charge in [-0.2, -0.15) is 4.98 Å². The highest BCUT2D eigenvalue weighted by Crippen LogP contribution is 2.11. The zero-order chi connectivity index (χ0) is 12.3. The molecular formula is C12H12BrN3O. The van der Waals surface area contributed by atoms with Crippen LogP contribution in [0.4, 0.5) is 0 Å². The van der Waals surface area contributed by atoms with Crippen LogP contribution in [0.25, 0.3) is 0 Å². The van der Waals surface area contributed by atoms with Crippen molar-refractivity contribution in [3.63, 3.8) is 0 Å². The first-order valence-corrected chi connectivity index (χ1v) is 5.98. The molecule has 1 aromatic heterocycles. The normalized spacial score (nSPS) is 10.5. The summed E-state index contributed by atoms with van der Waals surface area (Å²) in [5, 5.41) is 0. The summed E-state index contributed by atoms with van der Waals surface area (Å²) in [5.41, 5.74) is 6.90. The summed E-state index contributed by atoms with van der Waals surface area (Å²) in [6, 6.07) is 8.00. The SMILES string of the molecule is NCc1cn(Cc2ccc(Br)cc2)cnc1=O. The van der Waals surface area contributed by atoms with Crippen LogP contribution in [0.2, 0.25) is 0 Å². The molecule has 0 unspecified atom stereocenters. The zero-order valence-corrected chi connectivity index (χ0v) is 10.7. The summed E-state index contributed by atoms with van der Waals surface area (Å²) in [4.78, 5) is 15.1. The molecule has 0 aliphatic heterocycles. The zero-order valence-electron chi connectivity index (χ0n) is 9.14. The van der Waals surface area contributed by atoms with E-state index in [4.69, 9.17) is 5.73 Å². The van der Waals surface area contributed by atoms with Gasteiger partial charge in [-0.3, -0.25) is 4.79 Å². The predicted molar refractivity (Wildman–Crippen MR) is 69.6 cm³/mol. The van der Waals surface area contributed by atoms with E-state index in [-0.39, 0.29) is 12.1 Å². The molecular weight excluding hydrogens is 282 g/mol. The van der Waals surface area contributed by atoms with Crippen molar-refractivity contribution in [2.75, 3.05) is 0 Å². The minimum Gasteiger partial charge on any atom is -0.334 e. The van der Waals surface area contributed by atoms with Crippen molar-refractivity contribution in [2.24, 2.45) is 5.73 Å². The molecule has 1 aromatic carbocycles. The number of rotatable bonds is 3. The van der Waals surface area contributed by atoms with Crippen LogP contribution in [0, 0.1) is 0 Å². The molecule has 17 heavy (non-hydrogen) atoms. The van der Waals surface area contributed by atoms with Gasteiger partial charge in [-0.05, 0) is 17.7 Å². The Balaban J connectivity index is 2.24. The van der Waals surface area contributed by atoms with Gasteiger partial charge < -0.3 is 10.3 Å². The minimum atomic E-state index is -0.250. The fraction of sp³-hybridized carbons (Fsp3) is 0.167. The Bertz CT molecular complexity index is 563. The molecule has 2 N–H and O–H groups in total. The Morgan fingerprint density at radius 3 is 2.65 bits per heavy atom. The van der Waals surface area contributed by atoms with E-state index < -0.39 is 0 Å². The Labute approximate surface area is 107 Å². The summed E-state index contributed by atoms with van der Waals surface area (Å²) in [6.07, 6.45) is 3.28. The molecule has 0 aliphatic rings. The maximum atomic E-state index is 11.3. The second kappa shape index (κ2) is 5.25. The molecule has 1 heterocycles. The molecule has 0 aliphatic carbocycles.